The van der Waals surface area contributed by atoms with Crippen molar-refractivity contribution >= 4 is 27.5 Å². The summed E-state index contributed by atoms with van der Waals surface area (Å²) in [7, 11) is -3.77. The number of carbonyl (C=O) groups excluding carboxylic acids is 2. The van der Waals surface area contributed by atoms with Crippen LogP contribution in [-0.4, -0.2) is 43.7 Å². The van der Waals surface area contributed by atoms with Gasteiger partial charge in [-0.2, -0.15) is 4.31 Å². The lowest BCUT2D eigenvalue weighted by Gasteiger charge is -2.34. The summed E-state index contributed by atoms with van der Waals surface area (Å²) in [6.45, 7) is 2.56. The van der Waals surface area contributed by atoms with E-state index in [4.69, 9.17) is 0 Å². The van der Waals surface area contributed by atoms with Crippen molar-refractivity contribution in [2.45, 2.75) is 50.0 Å². The zero-order valence-corrected chi connectivity index (χ0v) is 18.8. The van der Waals surface area contributed by atoms with Crippen LogP contribution in [0.4, 0.5) is 10.1 Å². The van der Waals surface area contributed by atoms with Gasteiger partial charge in [-0.25, -0.2) is 12.8 Å². The minimum atomic E-state index is -3.77. The van der Waals surface area contributed by atoms with Crippen molar-refractivity contribution in [1.82, 2.24) is 9.62 Å². The fraction of sp³-hybridized carbons (Fsp3) is 0.391. The maximum Gasteiger partial charge on any atom is 0.313 e. The molecule has 0 unspecified atom stereocenters. The monoisotopic (exact) mass is 461 g/mol. The molecule has 0 spiro atoms. The highest BCUT2D eigenvalue weighted by molar-refractivity contribution is 7.89. The first-order valence-corrected chi connectivity index (χ1v) is 12.2. The van der Waals surface area contributed by atoms with Crippen LogP contribution in [0.2, 0.25) is 0 Å². The molecule has 9 heteroatoms. The molecule has 2 amide bonds. The summed E-state index contributed by atoms with van der Waals surface area (Å²) in [4.78, 5) is 24.3. The molecule has 0 aromatic heterocycles. The van der Waals surface area contributed by atoms with E-state index in [0.717, 1.165) is 37.0 Å². The van der Waals surface area contributed by atoms with Gasteiger partial charge in [0.25, 0.3) is 0 Å². The maximum atomic E-state index is 13.2. The quantitative estimate of drug-likeness (QED) is 0.620. The Balaban J connectivity index is 1.55. The Morgan fingerprint density at radius 1 is 1.03 bits per heavy atom. The van der Waals surface area contributed by atoms with Crippen LogP contribution >= 0.6 is 0 Å². The van der Waals surface area contributed by atoms with Gasteiger partial charge in [0.05, 0.1) is 4.90 Å². The maximum absolute atomic E-state index is 13.2. The van der Waals surface area contributed by atoms with Crippen LogP contribution in [0, 0.1) is 5.82 Å². The van der Waals surface area contributed by atoms with E-state index in [-0.39, 0.29) is 17.5 Å². The summed E-state index contributed by atoms with van der Waals surface area (Å²) in [6, 6.07) is 11.7. The highest BCUT2D eigenvalue weighted by atomic mass is 32.2. The minimum absolute atomic E-state index is 0.0447. The van der Waals surface area contributed by atoms with E-state index >= 15 is 0 Å². The van der Waals surface area contributed by atoms with Gasteiger partial charge < -0.3 is 10.6 Å². The number of nitrogens with one attached hydrogen (secondary N) is 2. The molecule has 1 atom stereocenters. The van der Waals surface area contributed by atoms with E-state index in [2.05, 4.69) is 10.6 Å². The molecule has 2 aromatic carbocycles. The Kier molecular flexibility index (Phi) is 7.98. The third-order valence-corrected chi connectivity index (χ3v) is 7.55. The Bertz CT molecular complexity index is 1040. The summed E-state index contributed by atoms with van der Waals surface area (Å²) < 4.78 is 40.6. The molecule has 1 aliphatic rings. The summed E-state index contributed by atoms with van der Waals surface area (Å²) in [5.74, 6) is -2.04. The first-order valence-electron chi connectivity index (χ1n) is 10.8. The lowest BCUT2D eigenvalue weighted by atomic mass is 10.0. The zero-order chi connectivity index (χ0) is 23.1. The SMILES string of the molecule is CCc1ccc(NC(=O)C(=O)NCC[C@H]2CCCCN2S(=O)(=O)c2ccc(F)cc2)cc1. The normalized spacial score (nSPS) is 17.0. The number of halogens is 1. The highest BCUT2D eigenvalue weighted by Crippen LogP contribution is 2.27. The van der Waals surface area contributed by atoms with Crippen LogP contribution in [0.5, 0.6) is 0 Å². The molecule has 1 heterocycles. The second-order valence-electron chi connectivity index (χ2n) is 7.77. The number of nitrogens with zero attached hydrogens (tertiary/aromatic N) is 1. The molecule has 1 aliphatic heterocycles. The Labute approximate surface area is 188 Å². The van der Waals surface area contributed by atoms with Gasteiger partial charge in [0.15, 0.2) is 0 Å². The molecule has 0 radical (unpaired) electrons. The van der Waals surface area contributed by atoms with Crippen LogP contribution in [-0.2, 0) is 26.0 Å². The lowest BCUT2D eigenvalue weighted by Crippen LogP contribution is -2.45. The molecular formula is C23H28FN3O4S. The molecular weight excluding hydrogens is 433 g/mol. The van der Waals surface area contributed by atoms with Gasteiger partial charge in [0, 0.05) is 24.8 Å². The van der Waals surface area contributed by atoms with E-state index in [9.17, 15) is 22.4 Å². The lowest BCUT2D eigenvalue weighted by molar-refractivity contribution is -0.136. The van der Waals surface area contributed by atoms with Crippen LogP contribution in [0.25, 0.3) is 0 Å². The molecule has 0 bridgehead atoms. The number of benzene rings is 2. The molecule has 172 valence electrons. The van der Waals surface area contributed by atoms with E-state index in [1.807, 2.05) is 19.1 Å². The van der Waals surface area contributed by atoms with Gasteiger partial charge in [-0.1, -0.05) is 25.5 Å². The summed E-state index contributed by atoms with van der Waals surface area (Å²) >= 11 is 0. The third-order valence-electron chi connectivity index (χ3n) is 5.58. The number of rotatable bonds is 7. The summed E-state index contributed by atoms with van der Waals surface area (Å²) in [6.07, 6.45) is 3.53. The van der Waals surface area contributed by atoms with E-state index in [1.54, 1.807) is 12.1 Å². The summed E-state index contributed by atoms with van der Waals surface area (Å²) in [5.41, 5.74) is 1.66. The zero-order valence-electron chi connectivity index (χ0n) is 18.0. The standard InChI is InChI=1S/C23H28FN3O4S/c1-2-17-6-10-19(11-7-17)26-23(29)22(28)25-15-14-20-5-3-4-16-27(20)32(30,31)21-12-8-18(24)9-13-21/h6-13,20H,2-5,14-16H2,1H3,(H,25,28)(H,26,29)/t20-/m1/s1. The molecule has 0 aliphatic carbocycles. The van der Waals surface area contributed by atoms with Crippen molar-refractivity contribution < 1.29 is 22.4 Å². The van der Waals surface area contributed by atoms with Gasteiger partial charge in [-0.15, -0.1) is 0 Å². The summed E-state index contributed by atoms with van der Waals surface area (Å²) in [5, 5.41) is 5.12. The predicted octanol–water partition coefficient (Wildman–Crippen LogP) is 3.08. The van der Waals surface area contributed by atoms with Crippen molar-refractivity contribution in [1.29, 1.82) is 0 Å². The van der Waals surface area contributed by atoms with Gasteiger partial charge >= 0.3 is 11.8 Å². The predicted molar refractivity (Wildman–Crippen MR) is 120 cm³/mol. The van der Waals surface area contributed by atoms with Gasteiger partial charge in [0.1, 0.15) is 5.82 Å². The number of anilines is 1. The molecule has 3 rings (SSSR count). The smallest absolute Gasteiger partial charge is 0.313 e. The van der Waals surface area contributed by atoms with Crippen LogP contribution in [0.15, 0.2) is 53.4 Å². The number of hydrogen-bond donors (Lipinski definition) is 2. The second-order valence-corrected chi connectivity index (χ2v) is 9.66. The Morgan fingerprint density at radius 3 is 2.38 bits per heavy atom. The van der Waals surface area contributed by atoms with Crippen LogP contribution < -0.4 is 10.6 Å². The van der Waals surface area contributed by atoms with Crippen molar-refractivity contribution in [2.24, 2.45) is 0 Å². The van der Waals surface area contributed by atoms with E-state index < -0.39 is 27.7 Å². The average molecular weight is 462 g/mol. The highest BCUT2D eigenvalue weighted by Gasteiger charge is 2.33. The molecule has 2 aromatic rings. The van der Waals surface area contributed by atoms with E-state index in [1.165, 1.54) is 16.4 Å². The Hall–Kier alpha value is -2.78. The first-order chi connectivity index (χ1) is 15.3. The number of hydrogen-bond acceptors (Lipinski definition) is 4. The van der Waals surface area contributed by atoms with Gasteiger partial charge in [0.2, 0.25) is 10.0 Å². The molecule has 32 heavy (non-hydrogen) atoms. The first kappa shape index (κ1) is 23.9. The molecule has 1 saturated heterocycles. The fourth-order valence-electron chi connectivity index (χ4n) is 3.77. The van der Waals surface area contributed by atoms with E-state index in [0.29, 0.717) is 25.1 Å². The number of carbonyl (C=O) groups is 2. The van der Waals surface area contributed by atoms with Gasteiger partial charge in [-0.05, 0) is 67.6 Å². The number of aryl methyl sites for hydroxylation is 1. The van der Waals surface area contributed by atoms with Crippen molar-refractivity contribution in [3.05, 3.63) is 59.9 Å². The second kappa shape index (κ2) is 10.7. The van der Waals surface area contributed by atoms with Gasteiger partial charge in [-0.3, -0.25) is 9.59 Å². The topological polar surface area (TPSA) is 95.6 Å². The number of piperidine rings is 1. The molecule has 1 fully saturated rings. The van der Waals surface area contributed by atoms with Crippen molar-refractivity contribution in [2.75, 3.05) is 18.4 Å². The Morgan fingerprint density at radius 2 is 1.72 bits per heavy atom. The molecule has 7 nitrogen and oxygen atoms in total. The fourth-order valence-corrected chi connectivity index (χ4v) is 5.49. The third kappa shape index (κ3) is 5.92. The van der Waals surface area contributed by atoms with Crippen molar-refractivity contribution in [3.8, 4) is 0 Å². The molecule has 0 saturated carbocycles. The number of amides is 2. The molecule has 2 N–H and O–H groups in total. The van der Waals surface area contributed by atoms with Crippen LogP contribution in [0.1, 0.15) is 38.2 Å². The minimum Gasteiger partial charge on any atom is -0.348 e. The largest absolute Gasteiger partial charge is 0.348 e. The average Bonchev–Trinajstić information content (AvgIpc) is 2.80. The van der Waals surface area contributed by atoms with Crippen molar-refractivity contribution in [3.63, 3.8) is 0 Å². The number of sulfonamides is 1. The van der Waals surface area contributed by atoms with Crippen LogP contribution in [0.3, 0.4) is 0 Å².